The Hall–Kier alpha value is -5.12. The predicted octanol–water partition coefficient (Wildman–Crippen LogP) is 1.97. The number of thioether (sulfide) groups is 1. The number of anilines is 1. The third-order valence-corrected chi connectivity index (χ3v) is 9.32. The maximum atomic E-state index is 14.2. The minimum atomic E-state index is -1.80. The minimum Gasteiger partial charge on any atom is -0.481 e. The Bertz CT molecular complexity index is 1620. The van der Waals surface area contributed by atoms with Crippen molar-refractivity contribution in [2.75, 3.05) is 23.9 Å². The van der Waals surface area contributed by atoms with Crippen LogP contribution >= 0.6 is 11.8 Å². The number of carboxylic acids is 2. The molecule has 0 aromatic heterocycles. The van der Waals surface area contributed by atoms with Crippen molar-refractivity contribution in [3.8, 4) is 0 Å². The van der Waals surface area contributed by atoms with Gasteiger partial charge in [-0.15, -0.1) is 0 Å². The van der Waals surface area contributed by atoms with Crippen molar-refractivity contribution >= 4 is 59.0 Å². The van der Waals surface area contributed by atoms with Crippen molar-refractivity contribution < 1.29 is 43.8 Å². The normalized spacial score (nSPS) is 17.2. The van der Waals surface area contributed by atoms with Crippen molar-refractivity contribution in [1.82, 2.24) is 20.9 Å². The molecule has 0 unspecified atom stereocenters. The average molecular weight is 727 g/mol. The number of nitrogens with zero attached hydrogens (tertiary/aromatic N) is 1. The highest BCUT2D eigenvalue weighted by molar-refractivity contribution is 7.98. The van der Waals surface area contributed by atoms with Crippen LogP contribution in [0, 0.1) is 12.8 Å². The standard InChI is InChI=1S/C35H46N6O9S/c1-20(2)29(32(47)41-15-8-14-35(41,33(48)49)23-11-12-24(21(3)17-23)39-34(36)50)40-31(46)26(19-28(43)44)38-30(45)25(13-16-51-4)37-27(42)18-22-9-6-5-7-10-22/h5-7,9-12,17,20,25-26,29H,8,13-16,18-19H2,1-4H3,(H,37,42)(H,38,45)(H,40,46)(H,43,44)(H,48,49)(H3,36,39,50)/t25-,26-,29-,35-/m0/s1. The molecule has 2 aromatic rings. The van der Waals surface area contributed by atoms with Crippen LogP contribution in [0.1, 0.15) is 56.2 Å². The summed E-state index contributed by atoms with van der Waals surface area (Å²) in [6.45, 7) is 4.99. The van der Waals surface area contributed by atoms with Gasteiger partial charge in [0.15, 0.2) is 5.54 Å². The van der Waals surface area contributed by atoms with Crippen LogP contribution < -0.4 is 27.0 Å². The molecule has 15 nitrogen and oxygen atoms in total. The zero-order valence-electron chi connectivity index (χ0n) is 29.1. The molecule has 1 fully saturated rings. The topological polar surface area (TPSA) is 237 Å². The fourth-order valence-corrected chi connectivity index (χ4v) is 6.55. The van der Waals surface area contributed by atoms with E-state index in [-0.39, 0.29) is 31.4 Å². The summed E-state index contributed by atoms with van der Waals surface area (Å²) in [5, 5.41) is 30.4. The maximum absolute atomic E-state index is 14.2. The van der Waals surface area contributed by atoms with Crippen molar-refractivity contribution in [3.05, 3.63) is 65.2 Å². The van der Waals surface area contributed by atoms with Crippen LogP contribution in [0.25, 0.3) is 0 Å². The van der Waals surface area contributed by atoms with Gasteiger partial charge in [0.25, 0.3) is 0 Å². The highest BCUT2D eigenvalue weighted by Gasteiger charge is 2.53. The molecule has 8 N–H and O–H groups in total. The minimum absolute atomic E-state index is 0.00339. The summed E-state index contributed by atoms with van der Waals surface area (Å²) in [5.74, 6) is -5.66. The fourth-order valence-electron chi connectivity index (χ4n) is 6.08. The van der Waals surface area contributed by atoms with Crippen molar-refractivity contribution in [2.24, 2.45) is 11.7 Å². The van der Waals surface area contributed by atoms with Gasteiger partial charge in [0.2, 0.25) is 23.6 Å². The zero-order valence-corrected chi connectivity index (χ0v) is 29.9. The van der Waals surface area contributed by atoms with Crippen LogP contribution in [0.15, 0.2) is 48.5 Å². The predicted molar refractivity (Wildman–Crippen MR) is 191 cm³/mol. The first-order valence-corrected chi connectivity index (χ1v) is 17.9. The first-order valence-electron chi connectivity index (χ1n) is 16.5. The van der Waals surface area contributed by atoms with Crippen LogP contribution in [0.5, 0.6) is 0 Å². The zero-order chi connectivity index (χ0) is 37.9. The molecule has 1 aliphatic rings. The first kappa shape index (κ1) is 40.3. The smallest absolute Gasteiger partial charge is 0.334 e. The first-order chi connectivity index (χ1) is 24.1. The number of amides is 6. The molecule has 0 bridgehead atoms. The lowest BCUT2D eigenvalue weighted by Gasteiger charge is -2.38. The molecule has 1 saturated heterocycles. The number of likely N-dealkylation sites (tertiary alicyclic amines) is 1. The molecule has 0 radical (unpaired) electrons. The molecule has 4 atom stereocenters. The summed E-state index contributed by atoms with van der Waals surface area (Å²) in [7, 11) is 0. The highest BCUT2D eigenvalue weighted by Crippen LogP contribution is 2.41. The number of urea groups is 1. The lowest BCUT2D eigenvalue weighted by molar-refractivity contribution is -0.159. The van der Waals surface area contributed by atoms with Gasteiger partial charge >= 0.3 is 18.0 Å². The Balaban J connectivity index is 1.85. The number of nitrogens with one attached hydrogen (secondary N) is 4. The summed E-state index contributed by atoms with van der Waals surface area (Å²) in [6, 6.07) is 8.64. The van der Waals surface area contributed by atoms with E-state index in [0.29, 0.717) is 23.4 Å². The third kappa shape index (κ3) is 10.4. The van der Waals surface area contributed by atoms with Crippen molar-refractivity contribution in [1.29, 1.82) is 0 Å². The number of nitrogens with two attached hydrogens (primary N) is 1. The number of hydrogen-bond donors (Lipinski definition) is 7. The highest BCUT2D eigenvalue weighted by atomic mass is 32.2. The van der Waals surface area contributed by atoms with Gasteiger partial charge in [0.05, 0.1) is 12.8 Å². The number of hydrogen-bond acceptors (Lipinski definition) is 8. The van der Waals surface area contributed by atoms with E-state index in [1.165, 1.54) is 28.8 Å². The van der Waals surface area contributed by atoms with E-state index in [1.807, 2.05) is 6.26 Å². The molecule has 3 rings (SSSR count). The third-order valence-electron chi connectivity index (χ3n) is 8.67. The van der Waals surface area contributed by atoms with Gasteiger partial charge in [0.1, 0.15) is 18.1 Å². The molecular weight excluding hydrogens is 680 g/mol. The molecule has 1 heterocycles. The number of rotatable bonds is 17. The summed E-state index contributed by atoms with van der Waals surface area (Å²) in [6.07, 6.45) is 1.61. The van der Waals surface area contributed by atoms with Crippen molar-refractivity contribution in [2.45, 2.75) is 76.5 Å². The van der Waals surface area contributed by atoms with Gasteiger partial charge in [-0.2, -0.15) is 11.8 Å². The molecule has 2 aromatic carbocycles. The Morgan fingerprint density at radius 3 is 2.18 bits per heavy atom. The lowest BCUT2D eigenvalue weighted by atomic mass is 9.85. The second-order valence-electron chi connectivity index (χ2n) is 12.7. The number of carboxylic acid groups (broad SMARTS) is 2. The summed E-state index contributed by atoms with van der Waals surface area (Å²) < 4.78 is 0. The van der Waals surface area contributed by atoms with Gasteiger partial charge in [-0.05, 0) is 66.9 Å². The van der Waals surface area contributed by atoms with Crippen LogP contribution in [-0.2, 0) is 40.7 Å². The Morgan fingerprint density at radius 1 is 0.941 bits per heavy atom. The van der Waals surface area contributed by atoms with E-state index in [4.69, 9.17) is 5.73 Å². The molecule has 16 heteroatoms. The van der Waals surface area contributed by atoms with Gasteiger partial charge in [-0.3, -0.25) is 24.0 Å². The van der Waals surface area contributed by atoms with E-state index < -0.39 is 77.6 Å². The molecule has 0 saturated carbocycles. The van der Waals surface area contributed by atoms with E-state index in [2.05, 4.69) is 21.3 Å². The molecule has 51 heavy (non-hydrogen) atoms. The molecular formula is C35H46N6O9S. The number of aryl methyl sites for hydroxylation is 1. The van der Waals surface area contributed by atoms with E-state index in [1.54, 1.807) is 57.2 Å². The van der Waals surface area contributed by atoms with Gasteiger partial charge in [-0.25, -0.2) is 9.59 Å². The number of carbonyl (C=O) groups excluding carboxylic acids is 5. The van der Waals surface area contributed by atoms with E-state index in [0.717, 1.165) is 5.56 Å². The average Bonchev–Trinajstić information content (AvgIpc) is 3.52. The molecule has 276 valence electrons. The van der Waals surface area contributed by atoms with Crippen LogP contribution in [0.3, 0.4) is 0 Å². The second kappa shape index (κ2) is 18.2. The summed E-state index contributed by atoms with van der Waals surface area (Å²) in [5.41, 5.74) is 5.32. The largest absolute Gasteiger partial charge is 0.481 e. The SMILES string of the molecule is CSCC[C@H](NC(=O)Cc1ccccc1)C(=O)N[C@@H](CC(=O)O)C(=O)N[C@H](C(=O)N1CCC[C@@]1(C(=O)O)c1ccc(NC(N)=O)c(C)c1)C(C)C. The number of aliphatic carboxylic acids is 2. The van der Waals surface area contributed by atoms with Crippen LogP contribution in [0.4, 0.5) is 10.5 Å². The fraction of sp³-hybridized carbons (Fsp3) is 0.457. The van der Waals surface area contributed by atoms with Gasteiger partial charge in [0, 0.05) is 12.2 Å². The Labute approximate surface area is 300 Å². The lowest BCUT2D eigenvalue weighted by Crippen LogP contribution is -2.61. The van der Waals surface area contributed by atoms with Crippen LogP contribution in [-0.4, -0.2) is 93.4 Å². The number of carbonyl (C=O) groups is 7. The molecule has 0 aliphatic carbocycles. The Morgan fingerprint density at radius 2 is 1.61 bits per heavy atom. The second-order valence-corrected chi connectivity index (χ2v) is 13.7. The molecule has 6 amide bonds. The number of primary amides is 1. The molecule has 1 aliphatic heterocycles. The maximum Gasteiger partial charge on any atom is 0.334 e. The summed E-state index contributed by atoms with van der Waals surface area (Å²) in [4.78, 5) is 91.5. The van der Waals surface area contributed by atoms with Crippen LogP contribution in [0.2, 0.25) is 0 Å². The number of benzene rings is 2. The summed E-state index contributed by atoms with van der Waals surface area (Å²) >= 11 is 1.43. The van der Waals surface area contributed by atoms with Crippen molar-refractivity contribution in [3.63, 3.8) is 0 Å². The monoisotopic (exact) mass is 726 g/mol. The van der Waals surface area contributed by atoms with Gasteiger partial charge < -0.3 is 42.1 Å². The van der Waals surface area contributed by atoms with E-state index >= 15 is 0 Å². The Kier molecular flexibility index (Phi) is 14.4. The molecule has 0 spiro atoms. The quantitative estimate of drug-likeness (QED) is 0.125. The van der Waals surface area contributed by atoms with Gasteiger partial charge in [-0.1, -0.05) is 56.3 Å². The van der Waals surface area contributed by atoms with E-state index in [9.17, 15) is 43.8 Å².